The number of nitrogens with zero attached hydrogens (tertiary/aromatic N) is 2. The Hall–Kier alpha value is -2.23. The molecule has 1 fully saturated rings. The van der Waals surface area contributed by atoms with E-state index in [4.69, 9.17) is 4.74 Å². The molecule has 1 unspecified atom stereocenters. The number of sulfonamides is 1. The smallest absolute Gasteiger partial charge is 0.348 e. The van der Waals surface area contributed by atoms with E-state index in [1.165, 1.54) is 26.1 Å². The normalized spacial score (nSPS) is 19.6. The molecule has 7 nitrogen and oxygen atoms in total. The molecule has 166 valence electrons. The van der Waals surface area contributed by atoms with Gasteiger partial charge in [0.1, 0.15) is 4.88 Å². The highest BCUT2D eigenvalue weighted by Crippen LogP contribution is 2.32. The lowest BCUT2D eigenvalue weighted by Crippen LogP contribution is -2.51. The second-order valence-corrected chi connectivity index (χ2v) is 11.2. The van der Waals surface area contributed by atoms with Crippen molar-refractivity contribution in [3.05, 3.63) is 51.7 Å². The molecule has 2 aromatic rings. The Bertz CT molecular complexity index is 1060. The van der Waals surface area contributed by atoms with E-state index in [0.29, 0.717) is 10.8 Å². The average Bonchev–Trinajstić information content (AvgIpc) is 3.21. The quantitative estimate of drug-likeness (QED) is 0.638. The van der Waals surface area contributed by atoms with Crippen LogP contribution in [0.4, 0.5) is 0 Å². The summed E-state index contributed by atoms with van der Waals surface area (Å²) in [6.45, 7) is 2.85. The van der Waals surface area contributed by atoms with Crippen molar-refractivity contribution in [3.63, 3.8) is 0 Å². The maximum Gasteiger partial charge on any atom is 0.348 e. The molecule has 1 aliphatic carbocycles. The van der Waals surface area contributed by atoms with Gasteiger partial charge in [0.2, 0.25) is 10.0 Å². The van der Waals surface area contributed by atoms with Gasteiger partial charge in [0.15, 0.2) is 6.61 Å². The zero-order valence-corrected chi connectivity index (χ0v) is 19.1. The van der Waals surface area contributed by atoms with Gasteiger partial charge >= 0.3 is 5.97 Å². The molecule has 1 atom stereocenters. The molecule has 31 heavy (non-hydrogen) atoms. The standard InChI is InChI=1S/C22H26N2O5S2/c1-16-7-8-19-17(13-16)14-20(30-19)22(26)29-15-21(25)23-9-11-24(12-10-23)31(27,28)18-5-3-2-4-6-18/h2-6,14,16H,7-13,15H2,1H3. The van der Waals surface area contributed by atoms with Gasteiger partial charge in [-0.2, -0.15) is 4.31 Å². The van der Waals surface area contributed by atoms with Gasteiger partial charge in [-0.25, -0.2) is 13.2 Å². The van der Waals surface area contributed by atoms with E-state index in [2.05, 4.69) is 6.92 Å². The molecule has 1 aliphatic heterocycles. The van der Waals surface area contributed by atoms with Gasteiger partial charge in [-0.15, -0.1) is 11.3 Å². The molecule has 1 amide bonds. The van der Waals surface area contributed by atoms with Crippen molar-refractivity contribution in [2.24, 2.45) is 5.92 Å². The largest absolute Gasteiger partial charge is 0.451 e. The number of aryl methyl sites for hydroxylation is 1. The van der Waals surface area contributed by atoms with Crippen LogP contribution in [0.3, 0.4) is 0 Å². The molecule has 0 N–H and O–H groups in total. The Balaban J connectivity index is 1.28. The molecular formula is C22H26N2O5S2. The molecule has 4 rings (SSSR count). The van der Waals surface area contributed by atoms with E-state index >= 15 is 0 Å². The number of rotatable bonds is 5. The number of piperazine rings is 1. The van der Waals surface area contributed by atoms with Crippen molar-refractivity contribution in [1.29, 1.82) is 0 Å². The number of amides is 1. The lowest BCUT2D eigenvalue weighted by molar-refractivity contribution is -0.135. The molecule has 0 saturated carbocycles. The number of carbonyl (C=O) groups is 2. The Morgan fingerprint density at radius 2 is 1.84 bits per heavy atom. The van der Waals surface area contributed by atoms with Crippen LogP contribution in [0.25, 0.3) is 0 Å². The first-order valence-electron chi connectivity index (χ1n) is 10.5. The maximum absolute atomic E-state index is 12.7. The highest BCUT2D eigenvalue weighted by molar-refractivity contribution is 7.89. The van der Waals surface area contributed by atoms with Crippen LogP contribution in [0.15, 0.2) is 41.3 Å². The first kappa shape index (κ1) is 22.0. The van der Waals surface area contributed by atoms with E-state index in [-0.39, 0.29) is 43.6 Å². The molecule has 9 heteroatoms. The van der Waals surface area contributed by atoms with Crippen molar-refractivity contribution in [3.8, 4) is 0 Å². The van der Waals surface area contributed by atoms with E-state index in [0.717, 1.165) is 19.3 Å². The van der Waals surface area contributed by atoms with Crippen molar-refractivity contribution in [2.45, 2.75) is 31.1 Å². The van der Waals surface area contributed by atoms with E-state index in [1.807, 2.05) is 6.07 Å². The number of esters is 1. The summed E-state index contributed by atoms with van der Waals surface area (Å²) in [5.41, 5.74) is 1.22. The van der Waals surface area contributed by atoms with Crippen molar-refractivity contribution in [2.75, 3.05) is 32.8 Å². The first-order valence-corrected chi connectivity index (χ1v) is 12.7. The van der Waals surface area contributed by atoms with Crippen LogP contribution in [0, 0.1) is 5.92 Å². The van der Waals surface area contributed by atoms with Crippen molar-refractivity contribution in [1.82, 2.24) is 9.21 Å². The minimum Gasteiger partial charge on any atom is -0.451 e. The topological polar surface area (TPSA) is 84.0 Å². The Kier molecular flexibility index (Phi) is 6.45. The first-order chi connectivity index (χ1) is 14.8. The molecule has 0 radical (unpaired) electrons. The maximum atomic E-state index is 12.7. The fourth-order valence-electron chi connectivity index (χ4n) is 4.02. The molecule has 1 aromatic carbocycles. The molecule has 0 spiro atoms. The zero-order chi connectivity index (χ0) is 22.0. The van der Waals surface area contributed by atoms with Crippen LogP contribution in [-0.2, 0) is 32.4 Å². The number of hydrogen-bond donors (Lipinski definition) is 0. The van der Waals surface area contributed by atoms with E-state index in [1.54, 1.807) is 35.2 Å². The van der Waals surface area contributed by atoms with Crippen molar-refractivity contribution >= 4 is 33.2 Å². The number of hydrogen-bond acceptors (Lipinski definition) is 6. The summed E-state index contributed by atoms with van der Waals surface area (Å²) in [6, 6.07) is 10.2. The molecule has 2 aliphatic rings. The third kappa shape index (κ3) is 4.83. The highest BCUT2D eigenvalue weighted by atomic mass is 32.2. The predicted octanol–water partition coefficient (Wildman–Crippen LogP) is 2.56. The Labute approximate surface area is 186 Å². The predicted molar refractivity (Wildman–Crippen MR) is 118 cm³/mol. The minimum atomic E-state index is -3.57. The summed E-state index contributed by atoms with van der Waals surface area (Å²) in [5.74, 6) is -0.150. The molecule has 1 saturated heterocycles. The minimum absolute atomic E-state index is 0.215. The molecule has 0 bridgehead atoms. The van der Waals surface area contributed by atoms with Crippen LogP contribution < -0.4 is 0 Å². The number of carbonyl (C=O) groups excluding carboxylic acids is 2. The Morgan fingerprint density at radius 1 is 1.13 bits per heavy atom. The number of benzene rings is 1. The van der Waals surface area contributed by atoms with Gasteiger partial charge in [-0.1, -0.05) is 25.1 Å². The van der Waals surface area contributed by atoms with Crippen LogP contribution in [0.1, 0.15) is 33.5 Å². The monoisotopic (exact) mass is 462 g/mol. The van der Waals surface area contributed by atoms with Crippen LogP contribution in [0.5, 0.6) is 0 Å². The van der Waals surface area contributed by atoms with Crippen LogP contribution in [0.2, 0.25) is 0 Å². The van der Waals surface area contributed by atoms with Gasteiger partial charge < -0.3 is 9.64 Å². The van der Waals surface area contributed by atoms with Crippen molar-refractivity contribution < 1.29 is 22.7 Å². The number of fused-ring (bicyclic) bond motifs is 1. The van der Waals surface area contributed by atoms with Gasteiger partial charge in [0.05, 0.1) is 4.90 Å². The van der Waals surface area contributed by atoms with Gasteiger partial charge in [-0.3, -0.25) is 4.79 Å². The average molecular weight is 463 g/mol. The second-order valence-electron chi connectivity index (χ2n) is 8.08. The fraction of sp³-hybridized carbons (Fsp3) is 0.455. The zero-order valence-electron chi connectivity index (χ0n) is 17.5. The summed E-state index contributed by atoms with van der Waals surface area (Å²) in [4.78, 5) is 28.5. The molecular weight excluding hydrogens is 436 g/mol. The highest BCUT2D eigenvalue weighted by Gasteiger charge is 2.30. The van der Waals surface area contributed by atoms with Gasteiger partial charge in [-0.05, 0) is 48.9 Å². The van der Waals surface area contributed by atoms with Crippen LogP contribution in [-0.4, -0.2) is 62.3 Å². The van der Waals surface area contributed by atoms with Gasteiger partial charge in [0, 0.05) is 31.1 Å². The van der Waals surface area contributed by atoms with Gasteiger partial charge in [0.25, 0.3) is 5.91 Å². The third-order valence-electron chi connectivity index (χ3n) is 5.83. The summed E-state index contributed by atoms with van der Waals surface area (Å²) in [5, 5.41) is 0. The summed E-state index contributed by atoms with van der Waals surface area (Å²) < 4.78 is 32.0. The second kappa shape index (κ2) is 9.10. The summed E-state index contributed by atoms with van der Waals surface area (Å²) in [6.07, 6.45) is 3.10. The number of thiophene rings is 1. The lowest BCUT2D eigenvalue weighted by atomic mass is 9.90. The summed E-state index contributed by atoms with van der Waals surface area (Å²) in [7, 11) is -3.57. The Morgan fingerprint density at radius 3 is 2.55 bits per heavy atom. The summed E-state index contributed by atoms with van der Waals surface area (Å²) >= 11 is 1.46. The lowest BCUT2D eigenvalue weighted by Gasteiger charge is -2.33. The van der Waals surface area contributed by atoms with E-state index < -0.39 is 16.0 Å². The third-order valence-corrected chi connectivity index (χ3v) is 8.96. The van der Waals surface area contributed by atoms with E-state index in [9.17, 15) is 18.0 Å². The fourth-order valence-corrected chi connectivity index (χ4v) is 6.56. The number of ether oxygens (including phenoxy) is 1. The SMILES string of the molecule is CC1CCc2sc(C(=O)OCC(=O)N3CCN(S(=O)(=O)c4ccccc4)CC3)cc2C1. The van der Waals surface area contributed by atoms with Crippen LogP contribution >= 0.6 is 11.3 Å². The molecule has 2 heterocycles. The molecule has 1 aromatic heterocycles.